The predicted molar refractivity (Wildman–Crippen MR) is 134 cm³/mol. The Hall–Kier alpha value is -3.55. The van der Waals surface area contributed by atoms with Crippen LogP contribution in [-0.2, 0) is 20.8 Å². The minimum absolute atomic E-state index is 0.0821. The first kappa shape index (κ1) is 25.5. The summed E-state index contributed by atoms with van der Waals surface area (Å²) in [6.07, 6.45) is 2.28. The molecular weight excluding hydrogens is 460 g/mol. The molecule has 3 atom stereocenters. The van der Waals surface area contributed by atoms with E-state index in [9.17, 15) is 14.4 Å². The van der Waals surface area contributed by atoms with Crippen molar-refractivity contribution in [3.05, 3.63) is 53.6 Å². The Balaban J connectivity index is 1.54. The minimum Gasteiger partial charge on any atom is -0.488 e. The molecule has 0 bridgehead atoms. The van der Waals surface area contributed by atoms with Crippen LogP contribution in [0, 0.1) is 11.3 Å². The number of hydrogen-bond acceptors (Lipinski definition) is 6. The summed E-state index contributed by atoms with van der Waals surface area (Å²) < 4.78 is 17.2. The molecule has 2 unspecified atom stereocenters. The molecule has 0 radical (unpaired) electrons. The smallest absolute Gasteiger partial charge is 0.234 e. The predicted octanol–water partition coefficient (Wildman–Crippen LogP) is 3.85. The van der Waals surface area contributed by atoms with E-state index in [0.717, 1.165) is 17.5 Å². The van der Waals surface area contributed by atoms with Gasteiger partial charge in [-0.1, -0.05) is 45.4 Å². The summed E-state index contributed by atoms with van der Waals surface area (Å²) in [7, 11) is 0. The molecule has 0 saturated heterocycles. The van der Waals surface area contributed by atoms with Gasteiger partial charge in [0.2, 0.25) is 18.6 Å². The van der Waals surface area contributed by atoms with Gasteiger partial charge in [-0.25, -0.2) is 0 Å². The number of nitrogens with two attached hydrogens (primary N) is 1. The van der Waals surface area contributed by atoms with E-state index in [1.807, 2.05) is 39.0 Å². The van der Waals surface area contributed by atoms with Crippen molar-refractivity contribution in [1.82, 2.24) is 5.32 Å². The maximum Gasteiger partial charge on any atom is 0.234 e. The largest absolute Gasteiger partial charge is 0.488 e. The maximum absolute atomic E-state index is 13.5. The van der Waals surface area contributed by atoms with E-state index < -0.39 is 23.3 Å². The highest BCUT2D eigenvalue weighted by Gasteiger charge is 2.64. The number of carbonyl (C=O) groups is 3. The highest BCUT2D eigenvalue weighted by molar-refractivity contribution is 6.10. The Morgan fingerprint density at radius 2 is 1.78 bits per heavy atom. The highest BCUT2D eigenvalue weighted by atomic mass is 16.7. The van der Waals surface area contributed by atoms with Gasteiger partial charge in [0.1, 0.15) is 17.8 Å². The van der Waals surface area contributed by atoms with Crippen LogP contribution < -0.4 is 25.3 Å². The average molecular weight is 495 g/mol. The van der Waals surface area contributed by atoms with Gasteiger partial charge >= 0.3 is 0 Å². The molecule has 3 N–H and O–H groups in total. The Morgan fingerprint density at radius 1 is 1.08 bits per heavy atom. The van der Waals surface area contributed by atoms with Gasteiger partial charge in [0, 0.05) is 0 Å². The van der Waals surface area contributed by atoms with Crippen LogP contribution in [0.1, 0.15) is 63.6 Å². The molecule has 1 aliphatic heterocycles. The van der Waals surface area contributed by atoms with Crippen LogP contribution in [0.25, 0.3) is 0 Å². The lowest BCUT2D eigenvalue weighted by Gasteiger charge is -2.51. The number of rotatable bonds is 11. The molecule has 0 aromatic heterocycles. The van der Waals surface area contributed by atoms with Gasteiger partial charge < -0.3 is 25.3 Å². The summed E-state index contributed by atoms with van der Waals surface area (Å²) in [6, 6.07) is 12.4. The third-order valence-electron chi connectivity index (χ3n) is 7.42. The molecule has 192 valence electrons. The number of hydrogen-bond donors (Lipinski definition) is 2. The van der Waals surface area contributed by atoms with Crippen molar-refractivity contribution in [3.63, 3.8) is 0 Å². The molecule has 1 aliphatic carbocycles. The number of fused-ring (bicyclic) bond motifs is 1. The average Bonchev–Trinajstić information content (AvgIpc) is 3.33. The van der Waals surface area contributed by atoms with E-state index in [0.29, 0.717) is 36.5 Å². The fourth-order valence-electron chi connectivity index (χ4n) is 5.28. The number of ether oxygens (including phenoxy) is 3. The first-order valence-electron chi connectivity index (χ1n) is 12.6. The van der Waals surface area contributed by atoms with Crippen LogP contribution in [0.3, 0.4) is 0 Å². The Bertz CT molecular complexity index is 1130. The minimum atomic E-state index is -0.899. The second kappa shape index (κ2) is 10.6. The maximum atomic E-state index is 13.5. The molecule has 1 fully saturated rings. The van der Waals surface area contributed by atoms with Crippen LogP contribution in [0.4, 0.5) is 0 Å². The molecule has 2 aromatic rings. The third kappa shape index (κ3) is 4.76. The van der Waals surface area contributed by atoms with E-state index in [-0.39, 0.29) is 30.9 Å². The van der Waals surface area contributed by atoms with Crippen molar-refractivity contribution in [1.29, 1.82) is 0 Å². The molecule has 1 heterocycles. The van der Waals surface area contributed by atoms with Gasteiger partial charge in [-0.05, 0) is 54.7 Å². The Labute approximate surface area is 211 Å². The zero-order chi connectivity index (χ0) is 25.9. The Kier molecular flexibility index (Phi) is 7.52. The second-order valence-electron chi connectivity index (χ2n) is 9.49. The number of primary amides is 1. The van der Waals surface area contributed by atoms with Crippen LogP contribution in [0.15, 0.2) is 42.5 Å². The fourth-order valence-corrected chi connectivity index (χ4v) is 5.28. The molecule has 0 spiro atoms. The number of ketones is 1. The number of Topliss-reactive ketones (excluding diaryl/α,β-unsaturated/α-hetero) is 1. The van der Waals surface area contributed by atoms with Crippen LogP contribution >= 0.6 is 0 Å². The van der Waals surface area contributed by atoms with E-state index >= 15 is 0 Å². The molecule has 2 aliphatic rings. The van der Waals surface area contributed by atoms with Crippen LogP contribution in [0.5, 0.6) is 17.2 Å². The zero-order valence-corrected chi connectivity index (χ0v) is 21.0. The van der Waals surface area contributed by atoms with E-state index in [4.69, 9.17) is 19.9 Å². The van der Waals surface area contributed by atoms with Crippen molar-refractivity contribution in [2.45, 2.75) is 65.0 Å². The van der Waals surface area contributed by atoms with Crippen molar-refractivity contribution in [2.24, 2.45) is 17.1 Å². The quantitative estimate of drug-likeness (QED) is 0.458. The molecular formula is C28H34N2O6. The molecule has 1 saturated carbocycles. The SMILES string of the molecule is CCCC(NC(=O)C1C(=O)C(CC)(CC)[C@@H]1Oc1ccc(CC(N)=O)cc1)c1ccc2c(c1)OCO2. The zero-order valence-electron chi connectivity index (χ0n) is 21.0. The van der Waals surface area contributed by atoms with Gasteiger partial charge in [-0.2, -0.15) is 0 Å². The summed E-state index contributed by atoms with van der Waals surface area (Å²) >= 11 is 0. The second-order valence-corrected chi connectivity index (χ2v) is 9.49. The molecule has 8 nitrogen and oxygen atoms in total. The third-order valence-corrected chi connectivity index (χ3v) is 7.42. The van der Waals surface area contributed by atoms with Crippen LogP contribution in [-0.4, -0.2) is 30.5 Å². The van der Waals surface area contributed by atoms with Crippen molar-refractivity contribution in [3.8, 4) is 17.2 Å². The normalized spacial score (nSPS) is 20.4. The summed E-state index contributed by atoms with van der Waals surface area (Å²) in [5.41, 5.74) is 6.24. The monoisotopic (exact) mass is 494 g/mol. The van der Waals surface area contributed by atoms with Gasteiger partial charge in [0.15, 0.2) is 17.3 Å². The van der Waals surface area contributed by atoms with Crippen molar-refractivity contribution >= 4 is 17.6 Å². The van der Waals surface area contributed by atoms with Gasteiger partial charge in [-0.3, -0.25) is 14.4 Å². The number of amides is 2. The summed E-state index contributed by atoms with van der Waals surface area (Å²) in [5, 5.41) is 3.10. The lowest BCUT2D eigenvalue weighted by Crippen LogP contribution is -2.68. The van der Waals surface area contributed by atoms with Gasteiger partial charge in [0.25, 0.3) is 0 Å². The summed E-state index contributed by atoms with van der Waals surface area (Å²) in [4.78, 5) is 38.1. The first-order chi connectivity index (χ1) is 17.3. The molecule has 36 heavy (non-hydrogen) atoms. The summed E-state index contributed by atoms with van der Waals surface area (Å²) in [5.74, 6) is 0.157. The molecule has 4 rings (SSSR count). The van der Waals surface area contributed by atoms with Gasteiger partial charge in [-0.15, -0.1) is 0 Å². The lowest BCUT2D eigenvalue weighted by molar-refractivity contribution is -0.173. The van der Waals surface area contributed by atoms with Gasteiger partial charge in [0.05, 0.1) is 17.9 Å². The van der Waals surface area contributed by atoms with Crippen LogP contribution in [0.2, 0.25) is 0 Å². The fraction of sp³-hybridized carbons (Fsp3) is 0.464. The Morgan fingerprint density at radius 3 is 2.42 bits per heavy atom. The molecule has 2 aromatic carbocycles. The standard InChI is InChI=1S/C28H34N2O6/c1-4-7-20(18-10-13-21-22(15-18)35-16-34-21)30-27(33)24-25(32)28(5-2,6-3)26(24)36-19-11-8-17(9-12-19)14-23(29)31/h8-13,15,20,24,26H,4-7,14,16H2,1-3H3,(H2,29,31)(H,30,33)/t20?,24?,26-/m1/s1. The topological polar surface area (TPSA) is 117 Å². The lowest BCUT2D eigenvalue weighted by atomic mass is 9.55. The van der Waals surface area contributed by atoms with E-state index in [1.54, 1.807) is 24.3 Å². The first-order valence-corrected chi connectivity index (χ1v) is 12.6. The number of nitrogens with one attached hydrogen (secondary N) is 1. The number of benzene rings is 2. The van der Waals surface area contributed by atoms with Crippen molar-refractivity contribution in [2.75, 3.05) is 6.79 Å². The highest BCUT2D eigenvalue weighted by Crippen LogP contribution is 2.50. The van der Waals surface area contributed by atoms with E-state index in [1.165, 1.54) is 0 Å². The van der Waals surface area contributed by atoms with E-state index in [2.05, 4.69) is 5.32 Å². The summed E-state index contributed by atoms with van der Waals surface area (Å²) in [6.45, 7) is 6.13. The number of carbonyl (C=O) groups excluding carboxylic acids is 3. The molecule has 2 amide bonds. The van der Waals surface area contributed by atoms with Crippen molar-refractivity contribution < 1.29 is 28.6 Å². The molecule has 8 heteroatoms.